The average molecular weight is 236 g/mol. The van der Waals surface area contributed by atoms with E-state index >= 15 is 0 Å². The average Bonchev–Trinajstić information content (AvgIpc) is 2.59. The van der Waals surface area contributed by atoms with Gasteiger partial charge in [-0.05, 0) is 24.1 Å². The molecule has 1 heterocycles. The topological polar surface area (TPSA) is 53.0 Å². The summed E-state index contributed by atoms with van der Waals surface area (Å²) in [6.45, 7) is 3.83. The van der Waals surface area contributed by atoms with Gasteiger partial charge < -0.3 is 10.6 Å². The van der Waals surface area contributed by atoms with E-state index in [1.807, 2.05) is 12.1 Å². The largest absolute Gasteiger partial charge is 0.369 e. The third kappa shape index (κ3) is 1.99. The minimum Gasteiger partial charge on any atom is -0.369 e. The fourth-order valence-electron chi connectivity index (χ4n) is 2.06. The van der Waals surface area contributed by atoms with Crippen LogP contribution in [0.1, 0.15) is 12.5 Å². The van der Waals surface area contributed by atoms with Crippen LogP contribution in [0.4, 0.5) is 5.69 Å². The second-order valence-electron chi connectivity index (χ2n) is 4.32. The maximum atomic E-state index is 9.07. The van der Waals surface area contributed by atoms with Gasteiger partial charge in [0.25, 0.3) is 0 Å². The summed E-state index contributed by atoms with van der Waals surface area (Å²) in [5.74, 6) is 0.460. The lowest BCUT2D eigenvalue weighted by Crippen LogP contribution is -2.28. The summed E-state index contributed by atoms with van der Waals surface area (Å²) in [4.78, 5) is 2.16. The van der Waals surface area contributed by atoms with Gasteiger partial charge in [-0.15, -0.1) is 0 Å². The molecule has 0 saturated carbocycles. The summed E-state index contributed by atoms with van der Waals surface area (Å²) in [5.41, 5.74) is 7.53. The molecule has 1 aromatic carbocycles. The summed E-state index contributed by atoms with van der Waals surface area (Å²) < 4.78 is 0. The zero-order valence-corrected chi connectivity index (χ0v) is 9.91. The number of hydrogen-bond donors (Lipinski definition) is 1. The number of rotatable bonds is 1. The standard InChI is InChI=1S/C12H14ClN3/c1-8-6-16(7-11(8)15)12-3-2-10(13)4-9(12)5-14/h2-4,8,11H,6-7,15H2,1H3. The van der Waals surface area contributed by atoms with Gasteiger partial charge in [0.1, 0.15) is 6.07 Å². The lowest BCUT2D eigenvalue weighted by atomic mass is 10.1. The van der Waals surface area contributed by atoms with E-state index in [0.717, 1.165) is 18.8 Å². The quantitative estimate of drug-likeness (QED) is 0.810. The Labute approximate surface area is 100 Å². The van der Waals surface area contributed by atoms with Crippen LogP contribution >= 0.6 is 11.6 Å². The number of anilines is 1. The van der Waals surface area contributed by atoms with Crippen LogP contribution in [-0.2, 0) is 0 Å². The summed E-state index contributed by atoms with van der Waals surface area (Å²) >= 11 is 5.87. The summed E-state index contributed by atoms with van der Waals surface area (Å²) in [6, 6.07) is 7.76. The molecule has 84 valence electrons. The minimum absolute atomic E-state index is 0.183. The summed E-state index contributed by atoms with van der Waals surface area (Å²) in [6.07, 6.45) is 0. The molecule has 16 heavy (non-hydrogen) atoms. The molecule has 2 rings (SSSR count). The second-order valence-corrected chi connectivity index (χ2v) is 4.76. The molecule has 0 aliphatic carbocycles. The number of nitrogens with zero attached hydrogens (tertiary/aromatic N) is 2. The van der Waals surface area contributed by atoms with Crippen LogP contribution in [0.25, 0.3) is 0 Å². The van der Waals surface area contributed by atoms with E-state index in [0.29, 0.717) is 16.5 Å². The highest BCUT2D eigenvalue weighted by Crippen LogP contribution is 2.28. The van der Waals surface area contributed by atoms with Gasteiger partial charge >= 0.3 is 0 Å². The zero-order valence-electron chi connectivity index (χ0n) is 9.15. The third-order valence-corrected chi connectivity index (χ3v) is 3.33. The Balaban J connectivity index is 2.32. The minimum atomic E-state index is 0.183. The van der Waals surface area contributed by atoms with Crippen molar-refractivity contribution in [3.05, 3.63) is 28.8 Å². The Bertz CT molecular complexity index is 428. The molecule has 1 aliphatic rings. The van der Waals surface area contributed by atoms with Gasteiger partial charge in [0.15, 0.2) is 0 Å². The van der Waals surface area contributed by atoms with Crippen LogP contribution in [0.5, 0.6) is 0 Å². The SMILES string of the molecule is CC1CN(c2ccc(Cl)cc2C#N)CC1N. The Morgan fingerprint density at radius 3 is 2.81 bits per heavy atom. The molecule has 0 aromatic heterocycles. The maximum absolute atomic E-state index is 9.07. The second kappa shape index (κ2) is 4.32. The Morgan fingerprint density at radius 1 is 1.50 bits per heavy atom. The molecule has 4 heteroatoms. The Kier molecular flexibility index (Phi) is 3.04. The maximum Gasteiger partial charge on any atom is 0.101 e. The highest BCUT2D eigenvalue weighted by molar-refractivity contribution is 6.30. The van der Waals surface area contributed by atoms with Crippen molar-refractivity contribution >= 4 is 17.3 Å². The highest BCUT2D eigenvalue weighted by Gasteiger charge is 2.27. The van der Waals surface area contributed by atoms with E-state index < -0.39 is 0 Å². The first-order valence-corrected chi connectivity index (χ1v) is 5.70. The number of halogens is 1. The predicted molar refractivity (Wildman–Crippen MR) is 65.5 cm³/mol. The van der Waals surface area contributed by atoms with Crippen molar-refractivity contribution in [3.8, 4) is 6.07 Å². The number of nitriles is 1. The van der Waals surface area contributed by atoms with E-state index in [-0.39, 0.29) is 6.04 Å². The number of nitrogens with two attached hydrogens (primary N) is 1. The van der Waals surface area contributed by atoms with E-state index in [2.05, 4.69) is 17.9 Å². The molecule has 0 spiro atoms. The molecule has 2 unspecified atom stereocenters. The van der Waals surface area contributed by atoms with Crippen LogP contribution in [0.3, 0.4) is 0 Å². The van der Waals surface area contributed by atoms with Crippen LogP contribution in [-0.4, -0.2) is 19.1 Å². The fraction of sp³-hybridized carbons (Fsp3) is 0.417. The molecule has 2 N–H and O–H groups in total. The summed E-state index contributed by atoms with van der Waals surface area (Å²) in [5, 5.41) is 9.66. The highest BCUT2D eigenvalue weighted by atomic mass is 35.5. The molecular weight excluding hydrogens is 222 g/mol. The van der Waals surface area contributed by atoms with E-state index in [4.69, 9.17) is 22.6 Å². The molecule has 0 bridgehead atoms. The first kappa shape index (κ1) is 11.3. The molecule has 1 saturated heterocycles. The molecule has 2 atom stereocenters. The predicted octanol–water partition coefficient (Wildman–Crippen LogP) is 2.00. The third-order valence-electron chi connectivity index (χ3n) is 3.09. The van der Waals surface area contributed by atoms with Crippen molar-refractivity contribution in [1.29, 1.82) is 5.26 Å². The Hall–Kier alpha value is -1.24. The van der Waals surface area contributed by atoms with Crippen LogP contribution in [0.2, 0.25) is 5.02 Å². The van der Waals surface area contributed by atoms with E-state index in [1.54, 1.807) is 6.07 Å². The normalized spacial score (nSPS) is 24.5. The lowest BCUT2D eigenvalue weighted by molar-refractivity contribution is 0.566. The van der Waals surface area contributed by atoms with Crippen LogP contribution < -0.4 is 10.6 Å². The van der Waals surface area contributed by atoms with Gasteiger partial charge in [-0.2, -0.15) is 5.26 Å². The molecule has 1 fully saturated rings. The number of hydrogen-bond acceptors (Lipinski definition) is 3. The van der Waals surface area contributed by atoms with Crippen molar-refractivity contribution in [2.45, 2.75) is 13.0 Å². The van der Waals surface area contributed by atoms with E-state index in [9.17, 15) is 0 Å². The van der Waals surface area contributed by atoms with Crippen molar-refractivity contribution in [3.63, 3.8) is 0 Å². The zero-order chi connectivity index (χ0) is 11.7. The molecule has 0 amide bonds. The smallest absolute Gasteiger partial charge is 0.101 e. The molecule has 1 aromatic rings. The first-order valence-electron chi connectivity index (χ1n) is 5.32. The molecule has 0 radical (unpaired) electrons. The van der Waals surface area contributed by atoms with E-state index in [1.165, 1.54) is 0 Å². The van der Waals surface area contributed by atoms with Gasteiger partial charge in [0.05, 0.1) is 11.3 Å². The molecular formula is C12H14ClN3. The van der Waals surface area contributed by atoms with Crippen molar-refractivity contribution in [1.82, 2.24) is 0 Å². The van der Waals surface area contributed by atoms with Gasteiger partial charge in [-0.1, -0.05) is 18.5 Å². The fourth-order valence-corrected chi connectivity index (χ4v) is 2.23. The van der Waals surface area contributed by atoms with Gasteiger partial charge in [-0.25, -0.2) is 0 Å². The Morgan fingerprint density at radius 2 is 2.25 bits per heavy atom. The molecule has 3 nitrogen and oxygen atoms in total. The summed E-state index contributed by atoms with van der Waals surface area (Å²) in [7, 11) is 0. The van der Waals surface area contributed by atoms with Crippen molar-refractivity contribution in [2.75, 3.05) is 18.0 Å². The van der Waals surface area contributed by atoms with Crippen molar-refractivity contribution < 1.29 is 0 Å². The van der Waals surface area contributed by atoms with Gasteiger partial charge in [-0.3, -0.25) is 0 Å². The van der Waals surface area contributed by atoms with Crippen LogP contribution in [0.15, 0.2) is 18.2 Å². The number of benzene rings is 1. The monoisotopic (exact) mass is 235 g/mol. The first-order chi connectivity index (χ1) is 7.61. The van der Waals surface area contributed by atoms with Crippen LogP contribution in [0, 0.1) is 17.2 Å². The van der Waals surface area contributed by atoms with Gasteiger partial charge in [0.2, 0.25) is 0 Å². The van der Waals surface area contributed by atoms with Gasteiger partial charge in [0, 0.05) is 24.2 Å². The lowest BCUT2D eigenvalue weighted by Gasteiger charge is -2.19. The van der Waals surface area contributed by atoms with Crippen molar-refractivity contribution in [2.24, 2.45) is 11.7 Å². The molecule has 1 aliphatic heterocycles.